The summed E-state index contributed by atoms with van der Waals surface area (Å²) in [5, 5.41) is 6.94. The van der Waals surface area contributed by atoms with Crippen molar-refractivity contribution in [3.8, 4) is 0 Å². The largest absolute Gasteiger partial charge is 0.366 e. The molecule has 5 nitrogen and oxygen atoms in total. The molecule has 1 aliphatic heterocycles. The minimum Gasteiger partial charge on any atom is -0.366 e. The predicted molar refractivity (Wildman–Crippen MR) is 75.3 cm³/mol. The van der Waals surface area contributed by atoms with E-state index in [-0.39, 0.29) is 0 Å². The van der Waals surface area contributed by atoms with E-state index in [0.29, 0.717) is 22.9 Å². The molecular weight excluding hydrogens is 250 g/mol. The van der Waals surface area contributed by atoms with Crippen LogP contribution in [0.3, 0.4) is 0 Å². The van der Waals surface area contributed by atoms with Crippen LogP contribution in [0.2, 0.25) is 5.02 Å². The molecule has 6 heteroatoms. The van der Waals surface area contributed by atoms with Crippen LogP contribution in [0.1, 0.15) is 13.3 Å². The van der Waals surface area contributed by atoms with Gasteiger partial charge in [-0.05, 0) is 25.9 Å². The van der Waals surface area contributed by atoms with E-state index in [1.165, 1.54) is 0 Å². The number of aromatic nitrogens is 2. The number of rotatable bonds is 3. The summed E-state index contributed by atoms with van der Waals surface area (Å²) in [5.74, 6) is 1.88. The van der Waals surface area contributed by atoms with Gasteiger partial charge in [0.25, 0.3) is 0 Å². The highest BCUT2D eigenvalue weighted by Crippen LogP contribution is 2.24. The van der Waals surface area contributed by atoms with Gasteiger partial charge in [-0.1, -0.05) is 18.5 Å². The van der Waals surface area contributed by atoms with Gasteiger partial charge in [0, 0.05) is 19.6 Å². The van der Waals surface area contributed by atoms with E-state index >= 15 is 0 Å². The summed E-state index contributed by atoms with van der Waals surface area (Å²) in [5.41, 5.74) is 0. The molecule has 1 aromatic rings. The lowest BCUT2D eigenvalue weighted by Gasteiger charge is -2.35. The monoisotopic (exact) mass is 269 g/mol. The van der Waals surface area contributed by atoms with Gasteiger partial charge in [-0.15, -0.1) is 0 Å². The van der Waals surface area contributed by atoms with E-state index in [4.69, 9.17) is 11.6 Å². The number of hydrogen-bond acceptors (Lipinski definition) is 5. The summed E-state index contributed by atoms with van der Waals surface area (Å²) in [4.78, 5) is 10.8. The average Bonchev–Trinajstić information content (AvgIpc) is 2.35. The second-order valence-electron chi connectivity index (χ2n) is 4.92. The average molecular weight is 270 g/mol. The smallest absolute Gasteiger partial charge is 0.224 e. The van der Waals surface area contributed by atoms with Gasteiger partial charge < -0.3 is 15.5 Å². The Kier molecular flexibility index (Phi) is 4.24. The number of anilines is 2. The normalized spacial score (nSPS) is 24.9. The zero-order valence-corrected chi connectivity index (χ0v) is 11.8. The van der Waals surface area contributed by atoms with E-state index < -0.39 is 0 Å². The van der Waals surface area contributed by atoms with Gasteiger partial charge in [-0.2, -0.15) is 4.98 Å². The van der Waals surface area contributed by atoms with Crippen LogP contribution in [-0.4, -0.2) is 48.1 Å². The third-order valence-electron chi connectivity index (χ3n) is 3.40. The van der Waals surface area contributed by atoms with Gasteiger partial charge in [0.05, 0.1) is 6.20 Å². The molecule has 2 rings (SSSR count). The number of nitrogens with zero attached hydrogens (tertiary/aromatic N) is 3. The first-order chi connectivity index (χ1) is 8.60. The minimum absolute atomic E-state index is 0.415. The van der Waals surface area contributed by atoms with Crippen molar-refractivity contribution >= 4 is 23.4 Å². The maximum absolute atomic E-state index is 6.12. The molecule has 0 bridgehead atoms. The Labute approximate surface area is 113 Å². The van der Waals surface area contributed by atoms with Crippen molar-refractivity contribution in [2.24, 2.45) is 5.92 Å². The molecule has 0 saturated carbocycles. The van der Waals surface area contributed by atoms with Crippen molar-refractivity contribution in [1.29, 1.82) is 0 Å². The summed E-state index contributed by atoms with van der Waals surface area (Å²) >= 11 is 6.12. The van der Waals surface area contributed by atoms with Crippen molar-refractivity contribution < 1.29 is 0 Å². The Morgan fingerprint density at radius 2 is 2.28 bits per heavy atom. The van der Waals surface area contributed by atoms with Crippen molar-refractivity contribution in [2.75, 3.05) is 37.8 Å². The molecule has 2 unspecified atom stereocenters. The molecule has 2 atom stereocenters. The Morgan fingerprint density at radius 3 is 2.94 bits per heavy atom. The van der Waals surface area contributed by atoms with E-state index in [1.54, 1.807) is 13.2 Å². The van der Waals surface area contributed by atoms with Crippen molar-refractivity contribution in [1.82, 2.24) is 14.9 Å². The highest BCUT2D eigenvalue weighted by atomic mass is 35.5. The van der Waals surface area contributed by atoms with Crippen molar-refractivity contribution in [3.05, 3.63) is 11.2 Å². The SMILES string of the molecule is CNc1ncc(Cl)c(NC2CCN(C)CC2C)n1. The van der Waals surface area contributed by atoms with Gasteiger partial charge in [0.1, 0.15) is 5.02 Å². The lowest BCUT2D eigenvalue weighted by molar-refractivity contribution is 0.206. The summed E-state index contributed by atoms with van der Waals surface area (Å²) in [6.07, 6.45) is 2.73. The third-order valence-corrected chi connectivity index (χ3v) is 3.67. The van der Waals surface area contributed by atoms with Crippen LogP contribution in [0.25, 0.3) is 0 Å². The molecule has 2 N–H and O–H groups in total. The number of hydrogen-bond donors (Lipinski definition) is 2. The van der Waals surface area contributed by atoms with Crippen LogP contribution in [0.4, 0.5) is 11.8 Å². The maximum atomic E-state index is 6.12. The molecule has 1 saturated heterocycles. The molecule has 100 valence electrons. The first-order valence-electron chi connectivity index (χ1n) is 6.25. The zero-order valence-electron chi connectivity index (χ0n) is 11.1. The van der Waals surface area contributed by atoms with Gasteiger partial charge in [-0.3, -0.25) is 0 Å². The second kappa shape index (κ2) is 5.71. The maximum Gasteiger partial charge on any atom is 0.224 e. The molecule has 1 aromatic heterocycles. The van der Waals surface area contributed by atoms with Gasteiger partial charge in [0.15, 0.2) is 5.82 Å². The number of halogens is 1. The van der Waals surface area contributed by atoms with Crippen LogP contribution in [0.5, 0.6) is 0 Å². The number of piperidine rings is 1. The van der Waals surface area contributed by atoms with Crippen LogP contribution in [0.15, 0.2) is 6.20 Å². The summed E-state index contributed by atoms with van der Waals surface area (Å²) in [6, 6.07) is 0.415. The van der Waals surface area contributed by atoms with E-state index in [2.05, 4.69) is 39.5 Å². The lowest BCUT2D eigenvalue weighted by atomic mass is 9.94. The Bertz CT molecular complexity index is 411. The van der Waals surface area contributed by atoms with Gasteiger partial charge in [-0.25, -0.2) is 4.98 Å². The van der Waals surface area contributed by atoms with Crippen LogP contribution < -0.4 is 10.6 Å². The van der Waals surface area contributed by atoms with Crippen LogP contribution in [0, 0.1) is 5.92 Å². The molecular formula is C12H20ClN5. The number of nitrogens with one attached hydrogen (secondary N) is 2. The second-order valence-corrected chi connectivity index (χ2v) is 5.33. The summed E-state index contributed by atoms with van der Waals surface area (Å²) in [6.45, 7) is 4.45. The molecule has 0 aromatic carbocycles. The fourth-order valence-corrected chi connectivity index (χ4v) is 2.48. The summed E-state index contributed by atoms with van der Waals surface area (Å²) in [7, 11) is 3.95. The van der Waals surface area contributed by atoms with Gasteiger partial charge >= 0.3 is 0 Å². The first kappa shape index (κ1) is 13.4. The zero-order chi connectivity index (χ0) is 13.1. The Balaban J connectivity index is 2.08. The highest BCUT2D eigenvalue weighted by molar-refractivity contribution is 6.32. The quantitative estimate of drug-likeness (QED) is 0.878. The molecule has 18 heavy (non-hydrogen) atoms. The van der Waals surface area contributed by atoms with E-state index in [1.807, 2.05) is 0 Å². The molecule has 0 spiro atoms. The first-order valence-corrected chi connectivity index (χ1v) is 6.63. The molecule has 0 aliphatic carbocycles. The topological polar surface area (TPSA) is 53.1 Å². The summed E-state index contributed by atoms with van der Waals surface area (Å²) < 4.78 is 0. The fourth-order valence-electron chi connectivity index (χ4n) is 2.33. The predicted octanol–water partition coefficient (Wildman–Crippen LogP) is 1.92. The Hall–Kier alpha value is -1.07. The van der Waals surface area contributed by atoms with Crippen molar-refractivity contribution in [2.45, 2.75) is 19.4 Å². The molecule has 1 fully saturated rings. The highest BCUT2D eigenvalue weighted by Gasteiger charge is 2.24. The lowest BCUT2D eigenvalue weighted by Crippen LogP contribution is -2.43. The van der Waals surface area contributed by atoms with Gasteiger partial charge in [0.2, 0.25) is 5.95 Å². The van der Waals surface area contributed by atoms with Crippen LogP contribution in [-0.2, 0) is 0 Å². The minimum atomic E-state index is 0.415. The fraction of sp³-hybridized carbons (Fsp3) is 0.667. The third kappa shape index (κ3) is 3.03. The van der Waals surface area contributed by atoms with E-state index in [9.17, 15) is 0 Å². The number of likely N-dealkylation sites (tertiary alicyclic amines) is 1. The molecule has 1 aliphatic rings. The standard InChI is InChI=1S/C12H20ClN5/c1-8-7-18(3)5-4-10(8)16-11-9(13)6-15-12(14-2)17-11/h6,8,10H,4-5,7H2,1-3H3,(H2,14,15,16,17). The molecule has 0 amide bonds. The Morgan fingerprint density at radius 1 is 1.50 bits per heavy atom. The van der Waals surface area contributed by atoms with Crippen LogP contribution >= 0.6 is 11.6 Å². The molecule has 2 heterocycles. The molecule has 0 radical (unpaired) electrons. The van der Waals surface area contributed by atoms with Crippen molar-refractivity contribution in [3.63, 3.8) is 0 Å². The van der Waals surface area contributed by atoms with E-state index in [0.717, 1.165) is 25.3 Å².